The zero-order chi connectivity index (χ0) is 12.8. The van der Waals surface area contributed by atoms with Crippen LogP contribution in [0.2, 0.25) is 0 Å². The van der Waals surface area contributed by atoms with Gasteiger partial charge in [-0.05, 0) is 19.3 Å². The smallest absolute Gasteiger partial charge is 0.407 e. The third-order valence-corrected chi connectivity index (χ3v) is 2.44. The van der Waals surface area contributed by atoms with E-state index in [0.717, 1.165) is 19.3 Å². The molecule has 0 spiro atoms. The molecule has 0 radical (unpaired) electrons. The van der Waals surface area contributed by atoms with E-state index in [0.29, 0.717) is 6.54 Å². The van der Waals surface area contributed by atoms with Gasteiger partial charge in [0.1, 0.15) is 6.61 Å². The second-order valence-electron chi connectivity index (χ2n) is 4.01. The van der Waals surface area contributed by atoms with Gasteiger partial charge >= 0.3 is 6.09 Å². The van der Waals surface area contributed by atoms with Gasteiger partial charge in [-0.15, -0.1) is 6.58 Å². The number of hydrogen-bond donors (Lipinski definition) is 1. The Balaban J connectivity index is 3.09. The molecule has 0 saturated heterocycles. The molecular weight excluding hydrogens is 214 g/mol. The van der Waals surface area contributed by atoms with Crippen molar-refractivity contribution in [2.24, 2.45) is 0 Å². The van der Waals surface area contributed by atoms with E-state index in [1.54, 1.807) is 6.08 Å². The molecule has 3 nitrogen and oxygen atoms in total. The monoisotopic (exact) mass is 239 g/mol. The first-order chi connectivity index (χ1) is 8.31. The van der Waals surface area contributed by atoms with Crippen LogP contribution < -0.4 is 5.32 Å². The average molecular weight is 239 g/mol. The summed E-state index contributed by atoms with van der Waals surface area (Å²) in [6.45, 7) is 8.14. The first-order valence-electron chi connectivity index (χ1n) is 6.43. The average Bonchev–Trinajstić information content (AvgIpc) is 2.34. The Morgan fingerprint density at radius 1 is 1.00 bits per heavy atom. The van der Waals surface area contributed by atoms with Gasteiger partial charge in [-0.3, -0.25) is 0 Å². The Bertz CT molecular complexity index is 214. The summed E-state index contributed by atoms with van der Waals surface area (Å²) in [4.78, 5) is 11.0. The van der Waals surface area contributed by atoms with Crippen LogP contribution in [0.3, 0.4) is 0 Å². The molecule has 0 unspecified atom stereocenters. The van der Waals surface area contributed by atoms with Crippen LogP contribution in [0.1, 0.15) is 44.9 Å². The molecule has 0 saturated carbocycles. The zero-order valence-electron chi connectivity index (χ0n) is 10.7. The highest BCUT2D eigenvalue weighted by atomic mass is 16.5. The highest BCUT2D eigenvalue weighted by Crippen LogP contribution is 2.06. The van der Waals surface area contributed by atoms with E-state index < -0.39 is 0 Å². The highest BCUT2D eigenvalue weighted by molar-refractivity contribution is 5.67. The number of carbonyl (C=O) groups is 1. The number of amides is 1. The van der Waals surface area contributed by atoms with Gasteiger partial charge in [0.2, 0.25) is 0 Å². The Morgan fingerprint density at radius 2 is 1.65 bits per heavy atom. The molecule has 0 aromatic heterocycles. The molecule has 0 bridgehead atoms. The molecule has 0 aromatic rings. The third kappa shape index (κ3) is 12.7. The summed E-state index contributed by atoms with van der Waals surface area (Å²) in [5.74, 6) is 0. The SMILES string of the molecule is C=CCCCCCCCCNC(=O)OCC=C. The molecule has 98 valence electrons. The fourth-order valence-corrected chi connectivity index (χ4v) is 1.50. The van der Waals surface area contributed by atoms with Crippen LogP contribution in [0.4, 0.5) is 4.79 Å². The number of allylic oxidation sites excluding steroid dienone is 1. The number of nitrogens with one attached hydrogen (secondary N) is 1. The molecule has 0 aliphatic rings. The predicted octanol–water partition coefficient (Wildman–Crippen LogP) is 3.82. The summed E-state index contributed by atoms with van der Waals surface area (Å²) < 4.78 is 4.79. The fourth-order valence-electron chi connectivity index (χ4n) is 1.50. The van der Waals surface area contributed by atoms with Crippen molar-refractivity contribution in [3.8, 4) is 0 Å². The quantitative estimate of drug-likeness (QED) is 0.440. The number of alkyl carbamates (subject to hydrolysis) is 1. The Labute approximate surface area is 105 Å². The molecule has 17 heavy (non-hydrogen) atoms. The maximum Gasteiger partial charge on any atom is 0.407 e. The minimum absolute atomic E-state index is 0.273. The first-order valence-corrected chi connectivity index (χ1v) is 6.43. The van der Waals surface area contributed by atoms with Gasteiger partial charge < -0.3 is 10.1 Å². The second-order valence-corrected chi connectivity index (χ2v) is 4.01. The molecule has 0 atom stereocenters. The van der Waals surface area contributed by atoms with Crippen LogP contribution in [0.5, 0.6) is 0 Å². The Hall–Kier alpha value is -1.25. The van der Waals surface area contributed by atoms with Crippen molar-refractivity contribution < 1.29 is 9.53 Å². The number of ether oxygens (including phenoxy) is 1. The number of unbranched alkanes of at least 4 members (excludes halogenated alkanes) is 6. The summed E-state index contributed by atoms with van der Waals surface area (Å²) in [7, 11) is 0. The summed E-state index contributed by atoms with van der Waals surface area (Å²) in [5.41, 5.74) is 0. The standard InChI is InChI=1S/C14H25NO2/c1-3-5-6-7-8-9-10-11-12-15-14(16)17-13-4-2/h3-4H,1-2,5-13H2,(H,15,16). The van der Waals surface area contributed by atoms with Gasteiger partial charge in [0.25, 0.3) is 0 Å². The van der Waals surface area contributed by atoms with Crippen molar-refractivity contribution in [3.05, 3.63) is 25.3 Å². The molecule has 3 heteroatoms. The summed E-state index contributed by atoms with van der Waals surface area (Å²) >= 11 is 0. The number of carbonyl (C=O) groups excluding carboxylic acids is 1. The van der Waals surface area contributed by atoms with E-state index >= 15 is 0 Å². The third-order valence-electron chi connectivity index (χ3n) is 2.44. The van der Waals surface area contributed by atoms with E-state index in [1.165, 1.54) is 25.7 Å². The van der Waals surface area contributed by atoms with E-state index in [9.17, 15) is 4.79 Å². The van der Waals surface area contributed by atoms with Crippen molar-refractivity contribution >= 4 is 6.09 Å². The summed E-state index contributed by atoms with van der Waals surface area (Å²) in [6.07, 6.45) is 11.5. The summed E-state index contributed by atoms with van der Waals surface area (Å²) in [5, 5.41) is 2.71. The maximum absolute atomic E-state index is 11.0. The highest BCUT2D eigenvalue weighted by Gasteiger charge is 1.98. The lowest BCUT2D eigenvalue weighted by Crippen LogP contribution is -2.25. The van der Waals surface area contributed by atoms with Crippen LogP contribution in [0.25, 0.3) is 0 Å². The van der Waals surface area contributed by atoms with Gasteiger partial charge in [-0.1, -0.05) is 44.4 Å². The largest absolute Gasteiger partial charge is 0.445 e. The van der Waals surface area contributed by atoms with Crippen LogP contribution in [-0.4, -0.2) is 19.2 Å². The lowest BCUT2D eigenvalue weighted by atomic mass is 10.1. The number of rotatable bonds is 11. The normalized spacial score (nSPS) is 9.65. The van der Waals surface area contributed by atoms with E-state index in [1.807, 2.05) is 6.08 Å². The Morgan fingerprint density at radius 3 is 2.29 bits per heavy atom. The van der Waals surface area contributed by atoms with Gasteiger partial charge in [0, 0.05) is 6.54 Å². The molecule has 0 aromatic carbocycles. The van der Waals surface area contributed by atoms with Crippen LogP contribution in [0.15, 0.2) is 25.3 Å². The fraction of sp³-hybridized carbons (Fsp3) is 0.643. The Kier molecular flexibility index (Phi) is 11.9. The van der Waals surface area contributed by atoms with Crippen molar-refractivity contribution in [2.45, 2.75) is 44.9 Å². The molecule has 1 N–H and O–H groups in total. The molecule has 1 amide bonds. The predicted molar refractivity (Wildman–Crippen MR) is 72.1 cm³/mol. The molecule has 0 rings (SSSR count). The summed E-state index contributed by atoms with van der Waals surface area (Å²) in [6, 6.07) is 0. The molecule has 0 aliphatic carbocycles. The minimum Gasteiger partial charge on any atom is -0.445 e. The molecule has 0 heterocycles. The maximum atomic E-state index is 11.0. The van der Waals surface area contributed by atoms with Gasteiger partial charge in [-0.25, -0.2) is 4.79 Å². The molecule has 0 fully saturated rings. The van der Waals surface area contributed by atoms with Crippen molar-refractivity contribution in [1.82, 2.24) is 5.32 Å². The van der Waals surface area contributed by atoms with Gasteiger partial charge in [0.15, 0.2) is 0 Å². The first kappa shape index (κ1) is 15.8. The topological polar surface area (TPSA) is 38.3 Å². The molecule has 0 aliphatic heterocycles. The second kappa shape index (κ2) is 12.8. The van der Waals surface area contributed by atoms with E-state index in [2.05, 4.69) is 18.5 Å². The van der Waals surface area contributed by atoms with E-state index in [4.69, 9.17) is 4.74 Å². The van der Waals surface area contributed by atoms with Crippen LogP contribution in [0, 0.1) is 0 Å². The lowest BCUT2D eigenvalue weighted by molar-refractivity contribution is 0.158. The van der Waals surface area contributed by atoms with Crippen molar-refractivity contribution in [2.75, 3.05) is 13.2 Å². The molecular formula is C14H25NO2. The van der Waals surface area contributed by atoms with Crippen molar-refractivity contribution in [3.63, 3.8) is 0 Å². The van der Waals surface area contributed by atoms with Crippen LogP contribution >= 0.6 is 0 Å². The van der Waals surface area contributed by atoms with Crippen LogP contribution in [-0.2, 0) is 4.74 Å². The van der Waals surface area contributed by atoms with Gasteiger partial charge in [0.05, 0.1) is 0 Å². The van der Waals surface area contributed by atoms with E-state index in [-0.39, 0.29) is 12.7 Å². The van der Waals surface area contributed by atoms with Crippen molar-refractivity contribution in [1.29, 1.82) is 0 Å². The number of hydrogen-bond acceptors (Lipinski definition) is 2. The lowest BCUT2D eigenvalue weighted by Gasteiger charge is -2.05. The minimum atomic E-state index is -0.351. The van der Waals surface area contributed by atoms with Gasteiger partial charge in [-0.2, -0.15) is 0 Å². The zero-order valence-corrected chi connectivity index (χ0v) is 10.7.